The van der Waals surface area contributed by atoms with Gasteiger partial charge in [0.15, 0.2) is 0 Å². The van der Waals surface area contributed by atoms with E-state index in [1.54, 1.807) is 12.3 Å². The second-order valence-corrected chi connectivity index (χ2v) is 9.76. The molecule has 1 atom stereocenters. The number of ether oxygens (including phenoxy) is 2. The van der Waals surface area contributed by atoms with E-state index in [1.165, 1.54) is 20.4 Å². The molecule has 1 saturated heterocycles. The largest absolute Gasteiger partial charge is 0.490 e. The Morgan fingerprint density at radius 3 is 2.85 bits per heavy atom. The molecule has 11 heteroatoms. The van der Waals surface area contributed by atoms with Gasteiger partial charge in [0.25, 0.3) is 10.0 Å². The summed E-state index contributed by atoms with van der Waals surface area (Å²) in [6.07, 6.45) is 4.09. The number of nitrogens with zero attached hydrogens (tertiary/aromatic N) is 4. The molecule has 0 spiro atoms. The van der Waals surface area contributed by atoms with Gasteiger partial charge in [0.05, 0.1) is 37.8 Å². The van der Waals surface area contributed by atoms with E-state index in [2.05, 4.69) is 4.98 Å². The Hall–Kier alpha value is -2.89. The van der Waals surface area contributed by atoms with Crippen LogP contribution in [0.2, 0.25) is 0 Å². The van der Waals surface area contributed by atoms with Crippen LogP contribution in [-0.2, 0) is 19.7 Å². The molecule has 1 aromatic carbocycles. The van der Waals surface area contributed by atoms with E-state index in [1.807, 2.05) is 34.9 Å². The molecule has 3 heterocycles. The number of aromatic nitrogens is 1. The molecule has 10 nitrogen and oxygen atoms in total. The van der Waals surface area contributed by atoms with Gasteiger partial charge in [0.2, 0.25) is 5.91 Å². The van der Waals surface area contributed by atoms with Crippen LogP contribution in [0, 0.1) is 0 Å². The molecule has 4 rings (SSSR count). The minimum absolute atomic E-state index is 0.0245. The standard InChI is InChI=1S/C22H28N4O6S/c1-4-22(27)25-8-7-18(15-25)32-17-5-6-21-20(12-17)26(9-10-31-21)16-11-19(14-23-13-16)33(28,29)24(2)30-3/h5-6,11-14,18H,4,7-10,15H2,1-3H3/t18-/m0/s1. The molecule has 2 aliphatic heterocycles. The topological polar surface area (TPSA) is 102 Å². The molecule has 178 valence electrons. The summed E-state index contributed by atoms with van der Waals surface area (Å²) < 4.78 is 38.1. The highest BCUT2D eigenvalue weighted by molar-refractivity contribution is 7.89. The zero-order valence-corrected chi connectivity index (χ0v) is 19.7. The Kier molecular flexibility index (Phi) is 6.73. The van der Waals surface area contributed by atoms with Gasteiger partial charge in [-0.3, -0.25) is 14.6 Å². The Balaban J connectivity index is 1.58. The van der Waals surface area contributed by atoms with E-state index in [0.717, 1.165) is 16.6 Å². The van der Waals surface area contributed by atoms with Crippen LogP contribution in [0.4, 0.5) is 11.4 Å². The molecule has 2 aromatic rings. The highest BCUT2D eigenvalue weighted by Gasteiger charge is 2.28. The summed E-state index contributed by atoms with van der Waals surface area (Å²) >= 11 is 0. The van der Waals surface area contributed by atoms with E-state index < -0.39 is 10.0 Å². The fourth-order valence-electron chi connectivity index (χ4n) is 3.95. The minimum Gasteiger partial charge on any atom is -0.490 e. The van der Waals surface area contributed by atoms with Crippen LogP contribution in [-0.4, -0.2) is 75.2 Å². The molecular weight excluding hydrogens is 448 g/mol. The summed E-state index contributed by atoms with van der Waals surface area (Å²) in [4.78, 5) is 24.8. The highest BCUT2D eigenvalue weighted by atomic mass is 32.2. The number of fused-ring (bicyclic) bond motifs is 1. The summed E-state index contributed by atoms with van der Waals surface area (Å²) in [7, 11) is -1.22. The van der Waals surface area contributed by atoms with E-state index in [-0.39, 0.29) is 16.9 Å². The van der Waals surface area contributed by atoms with Gasteiger partial charge in [-0.25, -0.2) is 8.42 Å². The third-order valence-corrected chi connectivity index (χ3v) is 7.45. The van der Waals surface area contributed by atoms with Crippen molar-refractivity contribution in [1.82, 2.24) is 14.4 Å². The third-order valence-electron chi connectivity index (χ3n) is 5.80. The number of likely N-dealkylation sites (tertiary alicyclic amines) is 1. The van der Waals surface area contributed by atoms with Gasteiger partial charge in [-0.15, -0.1) is 0 Å². The predicted molar refractivity (Wildman–Crippen MR) is 121 cm³/mol. The Bertz CT molecular complexity index is 1130. The van der Waals surface area contributed by atoms with Crippen LogP contribution in [0.5, 0.6) is 11.5 Å². The van der Waals surface area contributed by atoms with Crippen molar-refractivity contribution in [1.29, 1.82) is 0 Å². The second kappa shape index (κ2) is 9.54. The van der Waals surface area contributed by atoms with Crippen molar-refractivity contribution in [3.05, 3.63) is 36.7 Å². The molecule has 0 N–H and O–H groups in total. The van der Waals surface area contributed by atoms with Gasteiger partial charge in [-0.05, 0) is 18.2 Å². The average molecular weight is 477 g/mol. The number of anilines is 2. The number of amides is 1. The first-order valence-corrected chi connectivity index (χ1v) is 12.2. The fourth-order valence-corrected chi connectivity index (χ4v) is 4.91. The van der Waals surface area contributed by atoms with Crippen molar-refractivity contribution in [2.45, 2.75) is 30.8 Å². The van der Waals surface area contributed by atoms with Crippen molar-refractivity contribution >= 4 is 27.3 Å². The zero-order valence-electron chi connectivity index (χ0n) is 18.9. The van der Waals surface area contributed by atoms with E-state index in [0.29, 0.717) is 49.8 Å². The van der Waals surface area contributed by atoms with Crippen LogP contribution < -0.4 is 14.4 Å². The van der Waals surface area contributed by atoms with Gasteiger partial charge in [-0.2, -0.15) is 0 Å². The summed E-state index contributed by atoms with van der Waals surface area (Å²) in [5.74, 6) is 1.47. The van der Waals surface area contributed by atoms with Gasteiger partial charge in [0.1, 0.15) is 29.1 Å². The number of benzene rings is 1. The normalized spacial score (nSPS) is 18.2. The lowest BCUT2D eigenvalue weighted by atomic mass is 10.2. The van der Waals surface area contributed by atoms with Crippen molar-refractivity contribution < 1.29 is 27.5 Å². The summed E-state index contributed by atoms with van der Waals surface area (Å²) in [5.41, 5.74) is 1.37. The number of carbonyl (C=O) groups excluding carboxylic acids is 1. The van der Waals surface area contributed by atoms with Crippen molar-refractivity contribution in [2.24, 2.45) is 0 Å². The summed E-state index contributed by atoms with van der Waals surface area (Å²) in [6.45, 7) is 4.08. The second-order valence-electron chi connectivity index (χ2n) is 7.83. The van der Waals surface area contributed by atoms with Crippen LogP contribution in [0.25, 0.3) is 0 Å². The van der Waals surface area contributed by atoms with Crippen molar-refractivity contribution in [3.8, 4) is 11.5 Å². The SMILES string of the molecule is CCC(=O)N1CC[C@H](Oc2ccc3c(c2)N(c2cncc(S(=O)(=O)N(C)OC)c2)CCO3)C1. The molecule has 33 heavy (non-hydrogen) atoms. The minimum atomic E-state index is -3.83. The number of hydrogen-bond acceptors (Lipinski definition) is 8. The van der Waals surface area contributed by atoms with Gasteiger partial charge >= 0.3 is 0 Å². The lowest BCUT2D eigenvalue weighted by molar-refractivity contribution is -0.130. The Morgan fingerprint density at radius 2 is 2.09 bits per heavy atom. The van der Waals surface area contributed by atoms with Gasteiger partial charge in [0, 0.05) is 38.7 Å². The molecule has 0 radical (unpaired) electrons. The highest BCUT2D eigenvalue weighted by Crippen LogP contribution is 2.40. The number of hydroxylamine groups is 1. The van der Waals surface area contributed by atoms with Crippen LogP contribution in [0.1, 0.15) is 19.8 Å². The Labute approximate surface area is 193 Å². The zero-order chi connectivity index (χ0) is 23.6. The number of hydrogen-bond donors (Lipinski definition) is 0. The monoisotopic (exact) mass is 476 g/mol. The molecule has 0 saturated carbocycles. The Morgan fingerprint density at radius 1 is 1.27 bits per heavy atom. The third kappa shape index (κ3) is 4.75. The van der Waals surface area contributed by atoms with E-state index in [4.69, 9.17) is 14.3 Å². The summed E-state index contributed by atoms with van der Waals surface area (Å²) in [6, 6.07) is 7.12. The van der Waals surface area contributed by atoms with Crippen LogP contribution in [0.3, 0.4) is 0 Å². The maximum absolute atomic E-state index is 12.7. The van der Waals surface area contributed by atoms with Crippen LogP contribution in [0.15, 0.2) is 41.6 Å². The number of sulfonamides is 1. The fraction of sp³-hybridized carbons (Fsp3) is 0.455. The number of carbonyl (C=O) groups is 1. The molecule has 1 aromatic heterocycles. The first-order chi connectivity index (χ1) is 15.8. The van der Waals surface area contributed by atoms with Gasteiger partial charge in [-0.1, -0.05) is 11.4 Å². The first-order valence-electron chi connectivity index (χ1n) is 10.8. The van der Waals surface area contributed by atoms with Crippen LogP contribution >= 0.6 is 0 Å². The molecule has 0 unspecified atom stereocenters. The lowest BCUT2D eigenvalue weighted by Gasteiger charge is -2.32. The molecule has 2 aliphatic rings. The van der Waals surface area contributed by atoms with Gasteiger partial charge < -0.3 is 19.3 Å². The number of rotatable bonds is 7. The van der Waals surface area contributed by atoms with E-state index >= 15 is 0 Å². The molecule has 0 bridgehead atoms. The van der Waals surface area contributed by atoms with E-state index in [9.17, 15) is 13.2 Å². The lowest BCUT2D eigenvalue weighted by Crippen LogP contribution is -2.30. The predicted octanol–water partition coefficient (Wildman–Crippen LogP) is 2.18. The maximum Gasteiger partial charge on any atom is 0.266 e. The molecule has 1 amide bonds. The smallest absolute Gasteiger partial charge is 0.266 e. The van der Waals surface area contributed by atoms with Crippen molar-refractivity contribution in [3.63, 3.8) is 0 Å². The summed E-state index contributed by atoms with van der Waals surface area (Å²) in [5, 5.41) is 0. The molecule has 1 fully saturated rings. The molecule has 0 aliphatic carbocycles. The number of pyridine rings is 1. The average Bonchev–Trinajstić information content (AvgIpc) is 3.31. The molecular formula is C22H28N4O6S. The maximum atomic E-state index is 12.7. The quantitative estimate of drug-likeness (QED) is 0.561. The van der Waals surface area contributed by atoms with Crippen molar-refractivity contribution in [2.75, 3.05) is 45.3 Å². The first kappa shape index (κ1) is 23.3.